The summed E-state index contributed by atoms with van der Waals surface area (Å²) in [6.07, 6.45) is 5.31. The van der Waals surface area contributed by atoms with Crippen molar-refractivity contribution in [2.24, 2.45) is 34.0 Å². The Morgan fingerprint density at radius 1 is 1.00 bits per heavy atom. The van der Waals surface area contributed by atoms with E-state index in [1.165, 1.54) is 0 Å². The van der Waals surface area contributed by atoms with Crippen LogP contribution >= 0.6 is 0 Å². The predicted octanol–water partition coefficient (Wildman–Crippen LogP) is 3.73. The molecule has 5 aliphatic rings. The van der Waals surface area contributed by atoms with E-state index in [4.69, 9.17) is 4.18 Å². The van der Waals surface area contributed by atoms with Crippen molar-refractivity contribution >= 4 is 10.1 Å². The van der Waals surface area contributed by atoms with Crippen LogP contribution in [0.4, 0.5) is 0 Å². The Morgan fingerprint density at radius 3 is 2.04 bits per heavy atom. The standard InChI is InChI=1S/C20H34O4S/c1-17(2)14-10-15(17)19(5,21)16(11-14)24-25(22,23)12-20-8-6-13(7-9-20)18(20,3)4/h13-16,21H,6-12H2,1-5H3/t13?,14?,15?,16-,19+,20?/m1/s1. The summed E-state index contributed by atoms with van der Waals surface area (Å²) in [5, 5.41) is 11.0. The second-order valence-corrected chi connectivity index (χ2v) is 12.4. The van der Waals surface area contributed by atoms with Crippen LogP contribution in [0, 0.1) is 34.0 Å². The average molecular weight is 371 g/mol. The second-order valence-electron chi connectivity index (χ2n) is 10.8. The van der Waals surface area contributed by atoms with Crippen molar-refractivity contribution in [2.45, 2.75) is 84.8 Å². The van der Waals surface area contributed by atoms with Gasteiger partial charge in [0.05, 0.1) is 11.4 Å². The average Bonchev–Trinajstić information content (AvgIpc) is 2.84. The lowest BCUT2D eigenvalue weighted by atomic mass is 9.43. The normalized spacial score (nSPS) is 49.8. The number of hydrogen-bond donors (Lipinski definition) is 1. The van der Waals surface area contributed by atoms with Crippen molar-refractivity contribution in [1.29, 1.82) is 0 Å². The molecule has 4 bridgehead atoms. The molecule has 2 unspecified atom stereocenters. The van der Waals surface area contributed by atoms with Crippen molar-refractivity contribution in [3.05, 3.63) is 0 Å². The van der Waals surface area contributed by atoms with Gasteiger partial charge in [-0.15, -0.1) is 0 Å². The van der Waals surface area contributed by atoms with Crippen LogP contribution in [0.5, 0.6) is 0 Å². The van der Waals surface area contributed by atoms with Crippen LogP contribution in [0.1, 0.15) is 73.1 Å². The molecule has 0 aromatic carbocycles. The molecule has 5 rings (SSSR count). The quantitative estimate of drug-likeness (QED) is 0.766. The molecule has 144 valence electrons. The first kappa shape index (κ1) is 18.2. The Morgan fingerprint density at radius 2 is 1.60 bits per heavy atom. The van der Waals surface area contributed by atoms with Gasteiger partial charge in [0, 0.05) is 0 Å². The summed E-state index contributed by atoms with van der Waals surface area (Å²) in [6, 6.07) is 0. The molecular formula is C20H34O4S. The monoisotopic (exact) mass is 370 g/mol. The summed E-state index contributed by atoms with van der Waals surface area (Å²) in [7, 11) is -3.65. The van der Waals surface area contributed by atoms with Crippen LogP contribution in [-0.2, 0) is 14.3 Å². The molecule has 25 heavy (non-hydrogen) atoms. The molecule has 0 radical (unpaired) electrons. The zero-order chi connectivity index (χ0) is 18.5. The summed E-state index contributed by atoms with van der Waals surface area (Å²) < 4.78 is 31.6. The zero-order valence-corrected chi connectivity index (χ0v) is 17.2. The van der Waals surface area contributed by atoms with Gasteiger partial charge in [-0.3, -0.25) is 4.18 Å². The summed E-state index contributed by atoms with van der Waals surface area (Å²) in [5.41, 5.74) is -1.05. The van der Waals surface area contributed by atoms with Gasteiger partial charge in [0.2, 0.25) is 0 Å². The maximum Gasteiger partial charge on any atom is 0.268 e. The molecule has 0 amide bonds. The fourth-order valence-electron chi connectivity index (χ4n) is 7.11. The largest absolute Gasteiger partial charge is 0.387 e. The molecule has 5 aliphatic carbocycles. The van der Waals surface area contributed by atoms with Crippen LogP contribution in [0.2, 0.25) is 0 Å². The Balaban J connectivity index is 1.52. The molecule has 1 N–H and O–H groups in total. The maximum atomic E-state index is 13.0. The molecule has 0 saturated heterocycles. The molecule has 0 aromatic rings. The fraction of sp³-hybridized carbons (Fsp3) is 1.00. The van der Waals surface area contributed by atoms with Gasteiger partial charge in [0.25, 0.3) is 10.1 Å². The third-order valence-electron chi connectivity index (χ3n) is 9.37. The van der Waals surface area contributed by atoms with E-state index >= 15 is 0 Å². The van der Waals surface area contributed by atoms with Gasteiger partial charge in [-0.2, -0.15) is 8.42 Å². The van der Waals surface area contributed by atoms with Crippen molar-refractivity contribution < 1.29 is 17.7 Å². The lowest BCUT2D eigenvalue weighted by Crippen LogP contribution is -2.67. The van der Waals surface area contributed by atoms with Gasteiger partial charge in [0.1, 0.15) is 6.10 Å². The summed E-state index contributed by atoms with van der Waals surface area (Å²) >= 11 is 0. The van der Waals surface area contributed by atoms with Gasteiger partial charge in [-0.25, -0.2) is 0 Å². The Bertz CT molecular complexity index is 668. The number of fused-ring (bicyclic) bond motifs is 4. The Kier molecular flexibility index (Phi) is 3.66. The highest BCUT2D eigenvalue weighted by atomic mass is 32.2. The first-order valence-electron chi connectivity index (χ1n) is 9.95. The topological polar surface area (TPSA) is 63.6 Å². The molecule has 5 fully saturated rings. The van der Waals surface area contributed by atoms with E-state index in [0.29, 0.717) is 18.3 Å². The number of aliphatic hydroxyl groups is 1. The maximum absolute atomic E-state index is 13.0. The lowest BCUT2D eigenvalue weighted by molar-refractivity contribution is -0.237. The Labute approximate surface area is 152 Å². The van der Waals surface area contributed by atoms with Crippen molar-refractivity contribution in [1.82, 2.24) is 0 Å². The molecule has 0 aromatic heterocycles. The van der Waals surface area contributed by atoms with Crippen LogP contribution in [0.25, 0.3) is 0 Å². The third kappa shape index (κ3) is 2.34. The molecule has 4 nitrogen and oxygen atoms in total. The highest BCUT2D eigenvalue weighted by Gasteiger charge is 2.65. The minimum absolute atomic E-state index is 0.0721. The summed E-state index contributed by atoms with van der Waals surface area (Å²) in [4.78, 5) is 0. The first-order valence-corrected chi connectivity index (χ1v) is 11.5. The summed E-state index contributed by atoms with van der Waals surface area (Å²) in [6.45, 7) is 10.6. The minimum atomic E-state index is -3.65. The highest BCUT2D eigenvalue weighted by Crippen LogP contribution is 2.67. The molecule has 5 saturated carbocycles. The molecule has 4 atom stereocenters. The smallest absolute Gasteiger partial charge is 0.268 e. The number of rotatable bonds is 4. The first-order chi connectivity index (χ1) is 11.3. The predicted molar refractivity (Wildman–Crippen MR) is 97.5 cm³/mol. The van der Waals surface area contributed by atoms with Gasteiger partial charge >= 0.3 is 0 Å². The molecule has 0 heterocycles. The van der Waals surface area contributed by atoms with Crippen LogP contribution in [-0.4, -0.2) is 31.0 Å². The molecule has 0 aliphatic heterocycles. The van der Waals surface area contributed by atoms with E-state index in [9.17, 15) is 13.5 Å². The van der Waals surface area contributed by atoms with Crippen LogP contribution in [0.15, 0.2) is 0 Å². The Hall–Kier alpha value is -0.130. The van der Waals surface area contributed by atoms with E-state index in [1.807, 2.05) is 0 Å². The van der Waals surface area contributed by atoms with E-state index in [1.54, 1.807) is 6.92 Å². The van der Waals surface area contributed by atoms with E-state index in [-0.39, 0.29) is 27.9 Å². The van der Waals surface area contributed by atoms with Crippen molar-refractivity contribution in [2.75, 3.05) is 5.75 Å². The van der Waals surface area contributed by atoms with Crippen LogP contribution < -0.4 is 0 Å². The highest BCUT2D eigenvalue weighted by molar-refractivity contribution is 7.86. The van der Waals surface area contributed by atoms with E-state index in [2.05, 4.69) is 27.7 Å². The fourth-order valence-corrected chi connectivity index (χ4v) is 9.15. The number of hydrogen-bond acceptors (Lipinski definition) is 4. The molecular weight excluding hydrogens is 336 g/mol. The van der Waals surface area contributed by atoms with Gasteiger partial charge in [0.15, 0.2) is 0 Å². The van der Waals surface area contributed by atoms with E-state index in [0.717, 1.165) is 32.1 Å². The molecule has 0 spiro atoms. The third-order valence-corrected chi connectivity index (χ3v) is 10.8. The second kappa shape index (κ2) is 5.02. The molecule has 5 heteroatoms. The van der Waals surface area contributed by atoms with Crippen molar-refractivity contribution in [3.8, 4) is 0 Å². The SMILES string of the molecule is CC1(C)C2CC1[C@](C)(O)[C@H](OS(=O)(=O)CC13CCC(CC1)C3(C)C)C2. The van der Waals surface area contributed by atoms with Gasteiger partial charge < -0.3 is 5.11 Å². The van der Waals surface area contributed by atoms with E-state index < -0.39 is 21.8 Å². The lowest BCUT2D eigenvalue weighted by Gasteiger charge is -2.64. The van der Waals surface area contributed by atoms with Gasteiger partial charge in [-0.1, -0.05) is 27.7 Å². The summed E-state index contributed by atoms with van der Waals surface area (Å²) in [5.74, 6) is 1.34. The van der Waals surface area contributed by atoms with Crippen molar-refractivity contribution in [3.63, 3.8) is 0 Å². The van der Waals surface area contributed by atoms with Crippen LogP contribution in [0.3, 0.4) is 0 Å². The zero-order valence-electron chi connectivity index (χ0n) is 16.3. The minimum Gasteiger partial charge on any atom is -0.387 e. The van der Waals surface area contributed by atoms with Gasteiger partial charge in [-0.05, 0) is 79.4 Å².